The predicted molar refractivity (Wildman–Crippen MR) is 44.1 cm³/mol. The molecule has 0 bridgehead atoms. The maximum absolute atomic E-state index is 4.72. The lowest BCUT2D eigenvalue weighted by atomic mass is 9.59. The first-order chi connectivity index (χ1) is 4.81. The summed E-state index contributed by atoms with van der Waals surface area (Å²) in [5.41, 5.74) is 0.961. The topological polar surface area (TPSA) is 25.8 Å². The quantitative estimate of drug-likeness (QED) is 0.481. The molecule has 0 N–H and O–H groups in total. The number of hydrogen-bond donors (Lipinski definition) is 0. The molecular weight excluding hydrogens is 122 g/mol. The highest BCUT2D eigenvalue weighted by atomic mass is 14.7. The first-order valence-electron chi connectivity index (χ1n) is 3.03. The summed E-state index contributed by atoms with van der Waals surface area (Å²) in [5, 5.41) is 0. The van der Waals surface area contributed by atoms with Gasteiger partial charge >= 0.3 is 0 Å². The summed E-state index contributed by atoms with van der Waals surface area (Å²) in [6.45, 7) is 3.69. The van der Waals surface area contributed by atoms with Crippen molar-refractivity contribution < 1.29 is 0 Å². The van der Waals surface area contributed by atoms with Crippen LogP contribution in [0.15, 0.2) is 18.6 Å². The first-order valence-corrected chi connectivity index (χ1v) is 3.03. The Bertz CT molecular complexity index is 155. The van der Waals surface area contributed by atoms with Gasteiger partial charge in [-0.1, -0.05) is 0 Å². The highest BCUT2D eigenvalue weighted by Crippen LogP contribution is 1.81. The van der Waals surface area contributed by atoms with Crippen LogP contribution in [0.5, 0.6) is 0 Å². The van der Waals surface area contributed by atoms with Crippen LogP contribution in [0.25, 0.3) is 0 Å². The molecule has 0 amide bonds. The molecule has 1 aromatic rings. The number of aryl methyl sites for hydroxylation is 1. The van der Waals surface area contributed by atoms with Crippen LogP contribution < -0.4 is 0 Å². The molecule has 3 radical (unpaired) electrons. The number of rotatable bonds is 0. The molecule has 1 heterocycles. The van der Waals surface area contributed by atoms with Gasteiger partial charge in [-0.25, -0.2) is 0 Å². The van der Waals surface area contributed by atoms with Crippen molar-refractivity contribution in [3.05, 3.63) is 24.3 Å². The summed E-state index contributed by atoms with van der Waals surface area (Å²) < 4.78 is 0. The Morgan fingerprint density at radius 2 is 2.10 bits per heavy atom. The molecule has 0 aliphatic rings. The van der Waals surface area contributed by atoms with Gasteiger partial charge in [0.25, 0.3) is 0 Å². The molecule has 0 fully saturated rings. The van der Waals surface area contributed by atoms with Crippen molar-refractivity contribution >= 4 is 14.9 Å². The maximum Gasteiger partial charge on any atom is 0.0555 e. The van der Waals surface area contributed by atoms with E-state index in [9.17, 15) is 0 Å². The van der Waals surface area contributed by atoms with Gasteiger partial charge in [0, 0.05) is 26.3 Å². The molecule has 4 heteroatoms. The van der Waals surface area contributed by atoms with E-state index in [1.807, 2.05) is 6.92 Å². The van der Waals surface area contributed by atoms with E-state index < -0.39 is 0 Å². The van der Waals surface area contributed by atoms with Crippen LogP contribution in [0.4, 0.5) is 0 Å². The molecule has 0 spiro atoms. The smallest absolute Gasteiger partial charge is 0.0555 e. The maximum atomic E-state index is 4.72. The van der Waals surface area contributed by atoms with E-state index in [1.54, 1.807) is 25.4 Å². The molecule has 0 saturated carbocycles. The largest absolute Gasteiger partial charge is 0.261 e. The Balaban J connectivity index is 0.000000236. The van der Waals surface area contributed by atoms with Gasteiger partial charge in [-0.2, -0.15) is 0 Å². The second kappa shape index (κ2) is 6.33. The second-order valence-electron chi connectivity index (χ2n) is 1.68. The Hall–Kier alpha value is -0.790. The Morgan fingerprint density at radius 1 is 1.50 bits per heavy atom. The normalized spacial score (nSPS) is 7.40. The average molecular weight is 131 g/mol. The molecule has 0 aliphatic heterocycles. The van der Waals surface area contributed by atoms with Crippen LogP contribution in [0.2, 0.25) is 6.82 Å². The van der Waals surface area contributed by atoms with E-state index in [-0.39, 0.29) is 0 Å². The minimum absolute atomic E-state index is 0.961. The molecule has 2 nitrogen and oxygen atoms in total. The van der Waals surface area contributed by atoms with Crippen molar-refractivity contribution in [2.45, 2.75) is 13.7 Å². The van der Waals surface area contributed by atoms with E-state index in [1.165, 1.54) is 7.17 Å². The number of nitrogens with zero attached hydrogens (tertiary/aromatic N) is 2. The Kier molecular flexibility index (Phi) is 5.83. The van der Waals surface area contributed by atoms with E-state index in [4.69, 9.17) is 7.74 Å². The van der Waals surface area contributed by atoms with Gasteiger partial charge in [0.05, 0.1) is 12.9 Å². The lowest BCUT2D eigenvalue weighted by Gasteiger charge is -1.81. The van der Waals surface area contributed by atoms with Crippen molar-refractivity contribution in [3.63, 3.8) is 0 Å². The van der Waals surface area contributed by atoms with Crippen molar-refractivity contribution in [3.8, 4) is 0 Å². The lowest BCUT2D eigenvalue weighted by Crippen LogP contribution is -1.77. The van der Waals surface area contributed by atoms with Crippen LogP contribution in [-0.4, -0.2) is 24.9 Å². The van der Waals surface area contributed by atoms with Crippen molar-refractivity contribution in [1.29, 1.82) is 0 Å². The van der Waals surface area contributed by atoms with E-state index in [0.717, 1.165) is 5.69 Å². The number of aromatic nitrogens is 2. The van der Waals surface area contributed by atoms with Crippen LogP contribution in [0, 0.1) is 6.92 Å². The lowest BCUT2D eigenvalue weighted by molar-refractivity contribution is 1.12. The fourth-order valence-electron chi connectivity index (χ4n) is 0.374. The molecular formula is C6H9B2N2. The third kappa shape index (κ3) is 5.35. The summed E-state index contributed by atoms with van der Waals surface area (Å²) in [6.07, 6.45) is 5.06. The van der Waals surface area contributed by atoms with Gasteiger partial charge < -0.3 is 0 Å². The monoisotopic (exact) mass is 131 g/mol. The summed E-state index contributed by atoms with van der Waals surface area (Å²) in [7, 11) is 6.22. The van der Waals surface area contributed by atoms with E-state index in [0.29, 0.717) is 0 Å². The third-order valence-corrected chi connectivity index (χ3v) is 0.692. The zero-order valence-corrected chi connectivity index (χ0v) is 6.28. The van der Waals surface area contributed by atoms with Gasteiger partial charge in [0.1, 0.15) is 0 Å². The zero-order valence-electron chi connectivity index (χ0n) is 6.28. The highest BCUT2D eigenvalue weighted by Gasteiger charge is 1.74. The fraction of sp³-hybridized carbons (Fsp3) is 0.333. The Labute approximate surface area is 63.7 Å². The molecule has 0 saturated heterocycles. The second-order valence-corrected chi connectivity index (χ2v) is 1.68. The standard InChI is InChI=1S/C5H6N2.CH3B2/c1-5-4-6-2-3-7-5;1-3-2/h2-4H,1H3;1H3. The minimum Gasteiger partial charge on any atom is -0.261 e. The van der Waals surface area contributed by atoms with Crippen molar-refractivity contribution in [1.82, 2.24) is 9.97 Å². The van der Waals surface area contributed by atoms with Crippen LogP contribution in [0.1, 0.15) is 5.69 Å². The van der Waals surface area contributed by atoms with Gasteiger partial charge in [-0.15, -0.1) is 6.82 Å². The van der Waals surface area contributed by atoms with Gasteiger partial charge in [-0.05, 0) is 6.92 Å². The number of hydrogen-bond acceptors (Lipinski definition) is 2. The van der Waals surface area contributed by atoms with Crippen molar-refractivity contribution in [2.75, 3.05) is 0 Å². The van der Waals surface area contributed by atoms with Crippen molar-refractivity contribution in [2.24, 2.45) is 0 Å². The van der Waals surface area contributed by atoms with E-state index in [2.05, 4.69) is 9.97 Å². The molecule has 0 atom stereocenters. The molecule has 1 aromatic heterocycles. The highest BCUT2D eigenvalue weighted by molar-refractivity contribution is 6.88. The molecule has 10 heavy (non-hydrogen) atoms. The van der Waals surface area contributed by atoms with Crippen LogP contribution in [0.3, 0.4) is 0 Å². The summed E-state index contributed by atoms with van der Waals surface area (Å²) >= 11 is 0. The summed E-state index contributed by atoms with van der Waals surface area (Å²) in [4.78, 5) is 7.74. The SMILES string of the molecule is Cc1cnccn1.[B][B]C. The van der Waals surface area contributed by atoms with Crippen LogP contribution >= 0.6 is 0 Å². The van der Waals surface area contributed by atoms with Gasteiger partial charge in [0.15, 0.2) is 0 Å². The molecule has 49 valence electrons. The summed E-state index contributed by atoms with van der Waals surface area (Å²) in [5.74, 6) is 0. The Morgan fingerprint density at radius 3 is 2.30 bits per heavy atom. The van der Waals surface area contributed by atoms with Gasteiger partial charge in [0.2, 0.25) is 0 Å². The third-order valence-electron chi connectivity index (χ3n) is 0.692. The molecule has 0 unspecified atom stereocenters. The van der Waals surface area contributed by atoms with Gasteiger partial charge in [-0.3, -0.25) is 9.97 Å². The van der Waals surface area contributed by atoms with Crippen LogP contribution in [-0.2, 0) is 0 Å². The first kappa shape index (κ1) is 9.21. The summed E-state index contributed by atoms with van der Waals surface area (Å²) in [6, 6.07) is 0. The molecule has 0 aliphatic carbocycles. The zero-order chi connectivity index (χ0) is 7.82. The molecule has 1 rings (SSSR count). The predicted octanol–water partition coefficient (Wildman–Crippen LogP) is 0.607. The molecule has 0 aromatic carbocycles. The average Bonchev–Trinajstić information content (AvgIpc) is 1.91. The fourth-order valence-corrected chi connectivity index (χ4v) is 0.374. The minimum atomic E-state index is 0.961. The van der Waals surface area contributed by atoms with E-state index >= 15 is 0 Å².